The molecule has 0 aromatic rings. The van der Waals surface area contributed by atoms with Gasteiger partial charge >= 0.3 is 0 Å². The number of methoxy groups -OCH3 is 2. The lowest BCUT2D eigenvalue weighted by atomic mass is 9.73. The van der Waals surface area contributed by atoms with Crippen LogP contribution in [0.5, 0.6) is 0 Å². The number of nitrogens with one attached hydrogen (secondary N) is 1. The smallest absolute Gasteiger partial charge is 0.0589 e. The molecule has 21 heavy (non-hydrogen) atoms. The second kappa shape index (κ2) is 10.5. The molecular formula is C17H36N2O2. The zero-order valence-corrected chi connectivity index (χ0v) is 14.7. The van der Waals surface area contributed by atoms with Gasteiger partial charge in [0.2, 0.25) is 0 Å². The van der Waals surface area contributed by atoms with Crippen LogP contribution in [0.4, 0.5) is 0 Å². The van der Waals surface area contributed by atoms with E-state index in [9.17, 15) is 0 Å². The Morgan fingerprint density at radius 3 is 2.19 bits per heavy atom. The van der Waals surface area contributed by atoms with Crippen molar-refractivity contribution in [3.05, 3.63) is 0 Å². The summed E-state index contributed by atoms with van der Waals surface area (Å²) in [6.07, 6.45) is 4.03. The van der Waals surface area contributed by atoms with Crippen molar-refractivity contribution < 1.29 is 9.47 Å². The highest BCUT2D eigenvalue weighted by Crippen LogP contribution is 2.34. The Kier molecular flexibility index (Phi) is 9.49. The maximum atomic E-state index is 5.26. The first kappa shape index (κ1) is 18.9. The van der Waals surface area contributed by atoms with Crippen molar-refractivity contribution >= 4 is 0 Å². The maximum absolute atomic E-state index is 5.26. The first-order chi connectivity index (χ1) is 10.1. The highest BCUT2D eigenvalue weighted by molar-refractivity contribution is 4.87. The quantitative estimate of drug-likeness (QED) is 0.671. The number of hydrogen-bond acceptors (Lipinski definition) is 4. The summed E-state index contributed by atoms with van der Waals surface area (Å²) in [5, 5.41) is 3.54. The van der Waals surface area contributed by atoms with E-state index >= 15 is 0 Å². The first-order valence-electron chi connectivity index (χ1n) is 8.49. The Morgan fingerprint density at radius 2 is 1.71 bits per heavy atom. The van der Waals surface area contributed by atoms with Gasteiger partial charge in [0, 0.05) is 39.9 Å². The molecule has 1 rings (SSSR count). The monoisotopic (exact) mass is 300 g/mol. The molecule has 0 heterocycles. The fourth-order valence-electron chi connectivity index (χ4n) is 3.55. The second-order valence-electron chi connectivity index (χ2n) is 6.76. The van der Waals surface area contributed by atoms with Gasteiger partial charge in [-0.15, -0.1) is 0 Å². The number of rotatable bonds is 10. The third-order valence-corrected chi connectivity index (χ3v) is 5.05. The number of nitrogens with zero attached hydrogens (tertiary/aromatic N) is 1. The van der Waals surface area contributed by atoms with Gasteiger partial charge in [-0.3, -0.25) is 4.90 Å². The Balaban J connectivity index is 2.57. The average molecular weight is 300 g/mol. The van der Waals surface area contributed by atoms with E-state index in [4.69, 9.17) is 9.47 Å². The predicted molar refractivity (Wildman–Crippen MR) is 88.7 cm³/mol. The highest BCUT2D eigenvalue weighted by atomic mass is 16.5. The van der Waals surface area contributed by atoms with Crippen LogP contribution in [0.3, 0.4) is 0 Å². The third-order valence-electron chi connectivity index (χ3n) is 5.05. The van der Waals surface area contributed by atoms with Crippen molar-refractivity contribution in [1.29, 1.82) is 0 Å². The van der Waals surface area contributed by atoms with Crippen molar-refractivity contribution in [2.75, 3.05) is 54.1 Å². The molecule has 3 unspecified atom stereocenters. The van der Waals surface area contributed by atoms with Crippen LogP contribution in [0.15, 0.2) is 0 Å². The Labute approximate surface area is 131 Å². The van der Waals surface area contributed by atoms with Crippen LogP contribution in [0.1, 0.15) is 33.1 Å². The van der Waals surface area contributed by atoms with Gasteiger partial charge in [0.25, 0.3) is 0 Å². The molecule has 126 valence electrons. The van der Waals surface area contributed by atoms with Crippen molar-refractivity contribution in [3.63, 3.8) is 0 Å². The largest absolute Gasteiger partial charge is 0.383 e. The molecule has 0 spiro atoms. The highest BCUT2D eigenvalue weighted by Gasteiger charge is 2.31. The van der Waals surface area contributed by atoms with Gasteiger partial charge in [-0.2, -0.15) is 0 Å². The van der Waals surface area contributed by atoms with Crippen LogP contribution in [0, 0.1) is 17.8 Å². The molecule has 4 nitrogen and oxygen atoms in total. The topological polar surface area (TPSA) is 33.7 Å². The minimum absolute atomic E-state index is 0.660. The minimum Gasteiger partial charge on any atom is -0.383 e. The SMILES string of the molecule is CNC1CCC(C(C)C)CC1CN(CCOC)CCOC. The van der Waals surface area contributed by atoms with Crippen LogP contribution in [-0.4, -0.2) is 65.1 Å². The van der Waals surface area contributed by atoms with E-state index in [1.165, 1.54) is 19.3 Å². The van der Waals surface area contributed by atoms with E-state index in [-0.39, 0.29) is 0 Å². The summed E-state index contributed by atoms with van der Waals surface area (Å²) in [7, 11) is 5.67. The average Bonchev–Trinajstić information content (AvgIpc) is 2.49. The molecule has 4 heteroatoms. The minimum atomic E-state index is 0.660. The van der Waals surface area contributed by atoms with Crippen LogP contribution in [0.2, 0.25) is 0 Å². The fourth-order valence-corrected chi connectivity index (χ4v) is 3.55. The van der Waals surface area contributed by atoms with Gasteiger partial charge in [0.1, 0.15) is 0 Å². The summed E-state index contributed by atoms with van der Waals surface area (Å²) in [6, 6.07) is 0.660. The van der Waals surface area contributed by atoms with Gasteiger partial charge in [-0.25, -0.2) is 0 Å². The normalized spacial score (nSPS) is 26.7. The van der Waals surface area contributed by atoms with Crippen LogP contribution in [-0.2, 0) is 9.47 Å². The molecular weight excluding hydrogens is 264 g/mol. The van der Waals surface area contributed by atoms with Crippen molar-refractivity contribution in [2.45, 2.75) is 39.2 Å². The van der Waals surface area contributed by atoms with Gasteiger partial charge in [0.15, 0.2) is 0 Å². The Hall–Kier alpha value is -0.160. The number of hydrogen-bond donors (Lipinski definition) is 1. The molecule has 0 bridgehead atoms. The van der Waals surface area contributed by atoms with Crippen LogP contribution >= 0.6 is 0 Å². The molecule has 0 amide bonds. The molecule has 1 N–H and O–H groups in total. The van der Waals surface area contributed by atoms with E-state index in [2.05, 4.69) is 31.1 Å². The molecule has 1 fully saturated rings. The van der Waals surface area contributed by atoms with Crippen LogP contribution < -0.4 is 5.32 Å². The van der Waals surface area contributed by atoms with Crippen LogP contribution in [0.25, 0.3) is 0 Å². The lowest BCUT2D eigenvalue weighted by molar-refractivity contribution is 0.0787. The van der Waals surface area contributed by atoms with Gasteiger partial charge < -0.3 is 14.8 Å². The van der Waals surface area contributed by atoms with E-state index in [1.54, 1.807) is 14.2 Å². The molecule has 1 aliphatic rings. The molecule has 0 saturated heterocycles. The summed E-state index contributed by atoms with van der Waals surface area (Å²) in [4.78, 5) is 2.50. The van der Waals surface area contributed by atoms with E-state index in [1.807, 2.05) is 0 Å². The van der Waals surface area contributed by atoms with Gasteiger partial charge in [-0.05, 0) is 44.1 Å². The second-order valence-corrected chi connectivity index (χ2v) is 6.76. The summed E-state index contributed by atoms with van der Waals surface area (Å²) in [5.41, 5.74) is 0. The third kappa shape index (κ3) is 6.64. The summed E-state index contributed by atoms with van der Waals surface area (Å²) < 4.78 is 10.5. The van der Waals surface area contributed by atoms with E-state index in [0.717, 1.165) is 50.6 Å². The Bertz CT molecular complexity index is 253. The van der Waals surface area contributed by atoms with E-state index in [0.29, 0.717) is 6.04 Å². The lowest BCUT2D eigenvalue weighted by Gasteiger charge is -2.40. The van der Waals surface area contributed by atoms with Gasteiger partial charge in [0.05, 0.1) is 13.2 Å². The molecule has 0 aromatic heterocycles. The molecule has 0 radical (unpaired) electrons. The summed E-state index contributed by atoms with van der Waals surface area (Å²) in [5.74, 6) is 2.42. The maximum Gasteiger partial charge on any atom is 0.0589 e. The Morgan fingerprint density at radius 1 is 1.10 bits per heavy atom. The molecule has 0 aromatic carbocycles. The van der Waals surface area contributed by atoms with Crippen molar-refractivity contribution in [1.82, 2.24) is 10.2 Å². The predicted octanol–water partition coefficient (Wildman–Crippen LogP) is 2.24. The van der Waals surface area contributed by atoms with Crippen molar-refractivity contribution in [3.8, 4) is 0 Å². The fraction of sp³-hybridized carbons (Fsp3) is 1.00. The molecule has 3 atom stereocenters. The molecule has 0 aliphatic heterocycles. The zero-order chi connectivity index (χ0) is 15.7. The zero-order valence-electron chi connectivity index (χ0n) is 14.7. The van der Waals surface area contributed by atoms with Crippen molar-refractivity contribution in [2.24, 2.45) is 17.8 Å². The summed E-state index contributed by atoms with van der Waals surface area (Å²) in [6.45, 7) is 9.49. The molecule has 1 aliphatic carbocycles. The first-order valence-corrected chi connectivity index (χ1v) is 8.49. The summed E-state index contributed by atoms with van der Waals surface area (Å²) >= 11 is 0. The molecule has 1 saturated carbocycles. The standard InChI is InChI=1S/C17H36N2O2/c1-14(2)15-6-7-17(18-3)16(12-15)13-19(8-10-20-4)9-11-21-5/h14-18H,6-13H2,1-5H3. The number of ether oxygens (including phenoxy) is 2. The van der Waals surface area contributed by atoms with E-state index < -0.39 is 0 Å². The van der Waals surface area contributed by atoms with Gasteiger partial charge in [-0.1, -0.05) is 13.8 Å². The lowest BCUT2D eigenvalue weighted by Crippen LogP contribution is -2.46.